The van der Waals surface area contributed by atoms with Crippen molar-refractivity contribution >= 4 is 5.78 Å². The van der Waals surface area contributed by atoms with Gasteiger partial charge in [0.25, 0.3) is 0 Å². The zero-order valence-corrected chi connectivity index (χ0v) is 11.1. The average molecular weight is 253 g/mol. The highest BCUT2D eigenvalue weighted by molar-refractivity contribution is 5.84. The first-order valence-corrected chi connectivity index (χ1v) is 7.16. The van der Waals surface area contributed by atoms with Crippen molar-refractivity contribution in [2.45, 2.75) is 31.8 Å². The van der Waals surface area contributed by atoms with E-state index >= 15 is 0 Å². The van der Waals surface area contributed by atoms with Crippen molar-refractivity contribution in [1.29, 1.82) is 0 Å². The fraction of sp³-hybridized carbons (Fsp3) is 0.929. The predicted molar refractivity (Wildman–Crippen MR) is 67.4 cm³/mol. The normalized spacial score (nSPS) is 44.6. The quantitative estimate of drug-likeness (QED) is 0.797. The minimum Gasteiger partial charge on any atom is -0.378 e. The zero-order valence-electron chi connectivity index (χ0n) is 11.1. The van der Waals surface area contributed by atoms with E-state index in [1.165, 1.54) is 0 Å². The zero-order chi connectivity index (χ0) is 12.6. The summed E-state index contributed by atoms with van der Waals surface area (Å²) in [6.45, 7) is 6.19. The summed E-state index contributed by atoms with van der Waals surface area (Å²) in [7, 11) is 0. The van der Waals surface area contributed by atoms with Crippen LogP contribution in [0.4, 0.5) is 0 Å². The Labute approximate surface area is 108 Å². The van der Waals surface area contributed by atoms with E-state index in [2.05, 4.69) is 12.2 Å². The molecule has 18 heavy (non-hydrogen) atoms. The average Bonchev–Trinajstić information content (AvgIpc) is 2.98. The molecule has 4 heteroatoms. The third kappa shape index (κ3) is 2.22. The van der Waals surface area contributed by atoms with Crippen LogP contribution in [0.2, 0.25) is 0 Å². The summed E-state index contributed by atoms with van der Waals surface area (Å²) in [5.74, 6) is 1.35. The van der Waals surface area contributed by atoms with Crippen molar-refractivity contribution in [1.82, 2.24) is 5.32 Å². The summed E-state index contributed by atoms with van der Waals surface area (Å²) in [5.41, 5.74) is -0.145. The Bertz CT molecular complexity index is 325. The van der Waals surface area contributed by atoms with Crippen molar-refractivity contribution in [3.63, 3.8) is 0 Å². The molecule has 4 nitrogen and oxygen atoms in total. The largest absolute Gasteiger partial charge is 0.378 e. The van der Waals surface area contributed by atoms with Gasteiger partial charge in [0, 0.05) is 38.0 Å². The number of ether oxygens (including phenoxy) is 2. The van der Waals surface area contributed by atoms with Crippen LogP contribution in [0.1, 0.15) is 26.2 Å². The Morgan fingerprint density at radius 2 is 2.22 bits per heavy atom. The minimum absolute atomic E-state index is 0.145. The van der Waals surface area contributed by atoms with Gasteiger partial charge in [-0.05, 0) is 25.3 Å². The van der Waals surface area contributed by atoms with E-state index in [1.807, 2.05) is 0 Å². The third-order valence-electron chi connectivity index (χ3n) is 4.85. The number of ketones is 1. The van der Waals surface area contributed by atoms with E-state index in [1.54, 1.807) is 0 Å². The van der Waals surface area contributed by atoms with Gasteiger partial charge in [0.1, 0.15) is 5.78 Å². The Balaban J connectivity index is 1.66. The topological polar surface area (TPSA) is 47.6 Å². The van der Waals surface area contributed by atoms with Crippen LogP contribution in [-0.4, -0.2) is 44.3 Å². The van der Waals surface area contributed by atoms with Gasteiger partial charge in [0.05, 0.1) is 12.2 Å². The number of rotatable bonds is 2. The maximum Gasteiger partial charge on any atom is 0.140 e. The van der Waals surface area contributed by atoms with Gasteiger partial charge < -0.3 is 14.8 Å². The van der Waals surface area contributed by atoms with Crippen molar-refractivity contribution in [2.24, 2.45) is 17.8 Å². The molecule has 3 fully saturated rings. The molecule has 0 aromatic rings. The SMILES string of the molecule is CC1CNCC1C(=O)C1CCOC2(CCOC2)C1. The minimum atomic E-state index is -0.145. The summed E-state index contributed by atoms with van der Waals surface area (Å²) in [6.07, 6.45) is 2.72. The van der Waals surface area contributed by atoms with Gasteiger partial charge >= 0.3 is 0 Å². The number of carbonyl (C=O) groups is 1. The number of nitrogens with one attached hydrogen (secondary N) is 1. The predicted octanol–water partition coefficient (Wildman–Crippen LogP) is 0.997. The van der Waals surface area contributed by atoms with Gasteiger partial charge in [0.15, 0.2) is 0 Å². The van der Waals surface area contributed by atoms with E-state index in [0.29, 0.717) is 24.9 Å². The Morgan fingerprint density at radius 3 is 2.89 bits per heavy atom. The van der Waals surface area contributed by atoms with Crippen molar-refractivity contribution in [3.8, 4) is 0 Å². The molecule has 0 amide bonds. The first-order valence-electron chi connectivity index (χ1n) is 7.16. The van der Waals surface area contributed by atoms with Gasteiger partial charge in [-0.15, -0.1) is 0 Å². The number of Topliss-reactive ketones (excluding diaryl/α,β-unsaturated/α-hetero) is 1. The van der Waals surface area contributed by atoms with E-state index in [-0.39, 0.29) is 17.4 Å². The lowest BCUT2D eigenvalue weighted by molar-refractivity contribution is -0.141. The van der Waals surface area contributed by atoms with E-state index in [0.717, 1.165) is 39.0 Å². The van der Waals surface area contributed by atoms with Crippen molar-refractivity contribution in [3.05, 3.63) is 0 Å². The molecule has 4 unspecified atom stereocenters. The highest BCUT2D eigenvalue weighted by Crippen LogP contribution is 2.38. The van der Waals surface area contributed by atoms with Crippen molar-refractivity contribution < 1.29 is 14.3 Å². The molecular weight excluding hydrogens is 230 g/mol. The van der Waals surface area contributed by atoms with Crippen LogP contribution in [0.25, 0.3) is 0 Å². The molecular formula is C14H23NO3. The summed E-state index contributed by atoms with van der Waals surface area (Å²) in [6, 6.07) is 0. The Kier molecular flexibility index (Phi) is 3.43. The molecule has 4 atom stereocenters. The van der Waals surface area contributed by atoms with Gasteiger partial charge in [0.2, 0.25) is 0 Å². The van der Waals surface area contributed by atoms with E-state index < -0.39 is 0 Å². The highest BCUT2D eigenvalue weighted by atomic mass is 16.6. The molecule has 3 heterocycles. The fourth-order valence-electron chi connectivity index (χ4n) is 3.63. The highest BCUT2D eigenvalue weighted by Gasteiger charge is 2.45. The number of carbonyl (C=O) groups excluding carboxylic acids is 1. The molecule has 102 valence electrons. The molecule has 3 saturated heterocycles. The lowest BCUT2D eigenvalue weighted by atomic mass is 9.77. The van der Waals surface area contributed by atoms with Crippen LogP contribution < -0.4 is 5.32 Å². The molecule has 0 bridgehead atoms. The molecule has 0 radical (unpaired) electrons. The number of hydrogen-bond donors (Lipinski definition) is 1. The van der Waals surface area contributed by atoms with Crippen LogP contribution in [0.15, 0.2) is 0 Å². The fourth-order valence-corrected chi connectivity index (χ4v) is 3.63. The van der Waals surface area contributed by atoms with E-state index in [4.69, 9.17) is 9.47 Å². The molecule has 3 aliphatic rings. The maximum absolute atomic E-state index is 12.6. The first-order chi connectivity index (χ1) is 8.70. The molecule has 0 aliphatic carbocycles. The van der Waals surface area contributed by atoms with Gasteiger partial charge in [-0.2, -0.15) is 0 Å². The monoisotopic (exact) mass is 253 g/mol. The standard InChI is InChI=1S/C14H23NO3/c1-10-7-15-8-12(10)13(16)11-2-4-18-14(6-11)3-5-17-9-14/h10-12,15H,2-9H2,1H3. The van der Waals surface area contributed by atoms with Crippen LogP contribution in [-0.2, 0) is 14.3 Å². The van der Waals surface area contributed by atoms with Gasteiger partial charge in [-0.1, -0.05) is 6.92 Å². The molecule has 0 aromatic heterocycles. The molecule has 3 aliphatic heterocycles. The second-order valence-electron chi connectivity index (χ2n) is 6.17. The molecule has 1 N–H and O–H groups in total. The van der Waals surface area contributed by atoms with Crippen LogP contribution >= 0.6 is 0 Å². The second-order valence-corrected chi connectivity index (χ2v) is 6.17. The summed E-state index contributed by atoms with van der Waals surface area (Å²) < 4.78 is 11.4. The molecule has 0 aromatic carbocycles. The van der Waals surface area contributed by atoms with Gasteiger partial charge in [-0.3, -0.25) is 4.79 Å². The third-order valence-corrected chi connectivity index (χ3v) is 4.85. The smallest absolute Gasteiger partial charge is 0.140 e. The lowest BCUT2D eigenvalue weighted by Gasteiger charge is -2.37. The van der Waals surface area contributed by atoms with Crippen LogP contribution in [0.3, 0.4) is 0 Å². The Hall–Kier alpha value is -0.450. The summed E-state index contributed by atoms with van der Waals surface area (Å²) in [4.78, 5) is 12.6. The number of hydrogen-bond acceptors (Lipinski definition) is 4. The summed E-state index contributed by atoms with van der Waals surface area (Å²) >= 11 is 0. The van der Waals surface area contributed by atoms with Crippen LogP contribution in [0.5, 0.6) is 0 Å². The summed E-state index contributed by atoms with van der Waals surface area (Å²) in [5, 5.41) is 3.33. The second kappa shape index (κ2) is 4.91. The van der Waals surface area contributed by atoms with E-state index in [9.17, 15) is 4.79 Å². The van der Waals surface area contributed by atoms with Crippen LogP contribution in [0, 0.1) is 17.8 Å². The first kappa shape index (κ1) is 12.6. The van der Waals surface area contributed by atoms with Gasteiger partial charge in [-0.25, -0.2) is 0 Å². The maximum atomic E-state index is 12.6. The molecule has 3 rings (SSSR count). The lowest BCUT2D eigenvalue weighted by Crippen LogP contribution is -2.44. The Morgan fingerprint density at radius 1 is 1.33 bits per heavy atom. The molecule has 1 spiro atoms. The van der Waals surface area contributed by atoms with Crippen molar-refractivity contribution in [2.75, 3.05) is 32.9 Å². The molecule has 0 saturated carbocycles.